The van der Waals surface area contributed by atoms with E-state index >= 15 is 0 Å². The molecule has 1 aromatic rings. The van der Waals surface area contributed by atoms with E-state index < -0.39 is 0 Å². The van der Waals surface area contributed by atoms with E-state index in [1.807, 2.05) is 22.0 Å². The Morgan fingerprint density at radius 3 is 2.68 bits per heavy atom. The van der Waals surface area contributed by atoms with Crippen LogP contribution in [0.1, 0.15) is 26.3 Å². The molecule has 3 heterocycles. The summed E-state index contributed by atoms with van der Waals surface area (Å²) >= 11 is 3.41. The predicted molar refractivity (Wildman–Crippen MR) is 75.8 cm³/mol. The average Bonchev–Trinajstić information content (AvgIpc) is 2.85. The Morgan fingerprint density at radius 2 is 2.16 bits per heavy atom. The van der Waals surface area contributed by atoms with Crippen LogP contribution in [-0.4, -0.2) is 57.2 Å². The maximum absolute atomic E-state index is 12.3. The van der Waals surface area contributed by atoms with E-state index in [2.05, 4.69) is 39.8 Å². The van der Waals surface area contributed by atoms with Gasteiger partial charge >= 0.3 is 0 Å². The van der Waals surface area contributed by atoms with Crippen LogP contribution in [0.5, 0.6) is 0 Å². The maximum Gasteiger partial charge on any atom is 0.240 e. The summed E-state index contributed by atoms with van der Waals surface area (Å²) in [7, 11) is 0. The molecule has 1 aromatic heterocycles. The molecule has 0 saturated carbocycles. The Bertz CT molecular complexity index is 481. The van der Waals surface area contributed by atoms with E-state index in [9.17, 15) is 4.79 Å². The van der Waals surface area contributed by atoms with E-state index in [4.69, 9.17) is 0 Å². The van der Waals surface area contributed by atoms with Gasteiger partial charge in [0.25, 0.3) is 0 Å². The van der Waals surface area contributed by atoms with Crippen molar-refractivity contribution < 1.29 is 4.79 Å². The molecule has 2 aliphatic rings. The summed E-state index contributed by atoms with van der Waals surface area (Å²) < 4.78 is 2.99. The van der Waals surface area contributed by atoms with Crippen molar-refractivity contribution in [3.8, 4) is 0 Å². The zero-order valence-corrected chi connectivity index (χ0v) is 12.9. The Balaban J connectivity index is 1.58. The molecule has 104 valence electrons. The topological polar surface area (TPSA) is 41.4 Å². The molecule has 6 heteroatoms. The summed E-state index contributed by atoms with van der Waals surface area (Å²) in [5.41, 5.74) is 0. The molecule has 19 heavy (non-hydrogen) atoms. The molecule has 0 aromatic carbocycles. The molecule has 1 unspecified atom stereocenters. The summed E-state index contributed by atoms with van der Waals surface area (Å²) in [6, 6.07) is 0.821. The van der Waals surface area contributed by atoms with Gasteiger partial charge in [0.15, 0.2) is 0 Å². The first kappa shape index (κ1) is 13.1. The molecule has 0 bridgehead atoms. The Labute approximate surface area is 121 Å². The monoisotopic (exact) mass is 326 g/mol. The average molecular weight is 327 g/mol. The van der Waals surface area contributed by atoms with Crippen molar-refractivity contribution >= 4 is 21.8 Å². The standard InChI is InChI=1S/C13H19BrN4O/c1-9(2)17-4-3-12(13(17)19)16-7-11(8-16)18-6-10(14)5-15-18/h5-6,9,11-12H,3-4,7-8H2,1-2H3. The molecule has 5 nitrogen and oxygen atoms in total. The maximum atomic E-state index is 12.3. The summed E-state index contributed by atoms with van der Waals surface area (Å²) in [4.78, 5) is 16.6. The first-order chi connectivity index (χ1) is 9.06. The molecule has 3 rings (SSSR count). The van der Waals surface area contributed by atoms with E-state index in [-0.39, 0.29) is 6.04 Å². The minimum absolute atomic E-state index is 0.0950. The van der Waals surface area contributed by atoms with Gasteiger partial charge < -0.3 is 4.90 Å². The SMILES string of the molecule is CC(C)N1CCC(N2CC(n3cc(Br)cn3)C2)C1=O. The number of amides is 1. The lowest BCUT2D eigenvalue weighted by Gasteiger charge is -2.42. The highest BCUT2D eigenvalue weighted by Crippen LogP contribution is 2.29. The number of likely N-dealkylation sites (tertiary alicyclic amines) is 2. The van der Waals surface area contributed by atoms with Gasteiger partial charge in [0.1, 0.15) is 0 Å². The second-order valence-corrected chi connectivity index (χ2v) is 6.59. The van der Waals surface area contributed by atoms with E-state index in [1.54, 1.807) is 0 Å². The number of nitrogens with zero attached hydrogens (tertiary/aromatic N) is 4. The first-order valence-corrected chi connectivity index (χ1v) is 7.59. The molecule has 0 radical (unpaired) electrons. The number of carbonyl (C=O) groups is 1. The summed E-state index contributed by atoms with van der Waals surface area (Å²) in [5.74, 6) is 0.301. The lowest BCUT2D eigenvalue weighted by Crippen LogP contribution is -2.55. The molecular formula is C13H19BrN4O. The summed E-state index contributed by atoms with van der Waals surface area (Å²) in [6.07, 6.45) is 4.77. The van der Waals surface area contributed by atoms with Crippen LogP contribution < -0.4 is 0 Å². The minimum atomic E-state index is 0.0950. The molecule has 0 spiro atoms. The zero-order chi connectivity index (χ0) is 13.6. The third-order valence-corrected chi connectivity index (χ3v) is 4.52. The van der Waals surface area contributed by atoms with Gasteiger partial charge in [-0.25, -0.2) is 0 Å². The number of hydrogen-bond acceptors (Lipinski definition) is 3. The number of aromatic nitrogens is 2. The van der Waals surface area contributed by atoms with E-state index in [0.717, 1.165) is 30.5 Å². The van der Waals surface area contributed by atoms with Crippen LogP contribution in [0.25, 0.3) is 0 Å². The van der Waals surface area contributed by atoms with Crippen molar-refractivity contribution in [1.29, 1.82) is 0 Å². The Morgan fingerprint density at radius 1 is 1.42 bits per heavy atom. The van der Waals surface area contributed by atoms with Crippen LogP contribution in [0.4, 0.5) is 0 Å². The third-order valence-electron chi connectivity index (χ3n) is 4.11. The van der Waals surface area contributed by atoms with Crippen LogP contribution in [0.2, 0.25) is 0 Å². The number of rotatable bonds is 3. The van der Waals surface area contributed by atoms with Gasteiger partial charge in [-0.1, -0.05) is 0 Å². The van der Waals surface area contributed by atoms with Crippen molar-refractivity contribution in [2.24, 2.45) is 0 Å². The fourth-order valence-electron chi connectivity index (χ4n) is 2.96. The van der Waals surface area contributed by atoms with Crippen molar-refractivity contribution in [2.75, 3.05) is 19.6 Å². The number of halogens is 1. The van der Waals surface area contributed by atoms with Gasteiger partial charge in [-0.3, -0.25) is 14.4 Å². The normalized spacial score (nSPS) is 25.4. The number of hydrogen-bond donors (Lipinski definition) is 0. The van der Waals surface area contributed by atoms with Crippen molar-refractivity contribution in [3.63, 3.8) is 0 Å². The van der Waals surface area contributed by atoms with Crippen LogP contribution >= 0.6 is 15.9 Å². The van der Waals surface area contributed by atoms with Gasteiger partial charge in [0, 0.05) is 31.9 Å². The second kappa shape index (κ2) is 4.90. The van der Waals surface area contributed by atoms with Crippen molar-refractivity contribution in [1.82, 2.24) is 19.6 Å². The van der Waals surface area contributed by atoms with Crippen LogP contribution in [0.3, 0.4) is 0 Å². The van der Waals surface area contributed by atoms with Crippen LogP contribution in [0.15, 0.2) is 16.9 Å². The molecule has 2 aliphatic heterocycles. The molecule has 1 amide bonds. The van der Waals surface area contributed by atoms with Gasteiger partial charge in [0.05, 0.1) is 22.8 Å². The van der Waals surface area contributed by atoms with E-state index in [1.165, 1.54) is 0 Å². The second-order valence-electron chi connectivity index (χ2n) is 5.68. The Hall–Kier alpha value is -0.880. The molecule has 0 N–H and O–H groups in total. The first-order valence-electron chi connectivity index (χ1n) is 6.80. The highest BCUT2D eigenvalue weighted by atomic mass is 79.9. The summed E-state index contributed by atoms with van der Waals surface area (Å²) in [6.45, 7) is 6.92. The quantitative estimate of drug-likeness (QED) is 0.845. The molecule has 0 aliphatic carbocycles. The predicted octanol–water partition coefficient (Wildman–Crippen LogP) is 1.51. The molecule has 2 saturated heterocycles. The lowest BCUT2D eigenvalue weighted by atomic mass is 10.0. The molecule has 1 atom stereocenters. The number of carbonyl (C=O) groups excluding carboxylic acids is 1. The summed E-state index contributed by atoms with van der Waals surface area (Å²) in [5, 5.41) is 4.31. The highest BCUT2D eigenvalue weighted by Gasteiger charge is 2.42. The highest BCUT2D eigenvalue weighted by molar-refractivity contribution is 9.10. The van der Waals surface area contributed by atoms with E-state index in [0.29, 0.717) is 18.0 Å². The molecule has 2 fully saturated rings. The van der Waals surface area contributed by atoms with Crippen molar-refractivity contribution in [3.05, 3.63) is 16.9 Å². The van der Waals surface area contributed by atoms with Crippen LogP contribution in [0, 0.1) is 0 Å². The van der Waals surface area contributed by atoms with Gasteiger partial charge in [-0.15, -0.1) is 0 Å². The molecular weight excluding hydrogens is 308 g/mol. The van der Waals surface area contributed by atoms with Gasteiger partial charge in [-0.05, 0) is 36.2 Å². The van der Waals surface area contributed by atoms with Crippen molar-refractivity contribution in [2.45, 2.75) is 38.4 Å². The van der Waals surface area contributed by atoms with Crippen LogP contribution in [-0.2, 0) is 4.79 Å². The lowest BCUT2D eigenvalue weighted by molar-refractivity contribution is -0.135. The van der Waals surface area contributed by atoms with Gasteiger partial charge in [-0.2, -0.15) is 5.10 Å². The zero-order valence-electron chi connectivity index (χ0n) is 11.3. The fraction of sp³-hybridized carbons (Fsp3) is 0.692. The fourth-order valence-corrected chi connectivity index (χ4v) is 3.26. The Kier molecular flexibility index (Phi) is 3.39. The largest absolute Gasteiger partial charge is 0.339 e. The minimum Gasteiger partial charge on any atom is -0.339 e. The third kappa shape index (κ3) is 2.31. The van der Waals surface area contributed by atoms with Gasteiger partial charge in [0.2, 0.25) is 5.91 Å². The smallest absolute Gasteiger partial charge is 0.240 e.